The van der Waals surface area contributed by atoms with E-state index in [4.69, 9.17) is 12.2 Å². The van der Waals surface area contributed by atoms with E-state index in [2.05, 4.69) is 15.9 Å². The molecule has 0 bridgehead atoms. The van der Waals surface area contributed by atoms with Gasteiger partial charge in [-0.1, -0.05) is 68.2 Å². The van der Waals surface area contributed by atoms with Crippen LogP contribution in [0.15, 0.2) is 35.1 Å². The summed E-state index contributed by atoms with van der Waals surface area (Å²) in [7, 11) is 0. The van der Waals surface area contributed by atoms with Crippen LogP contribution < -0.4 is 16.2 Å². The molecule has 14 nitrogen and oxygen atoms in total. The molecule has 0 aliphatic rings. The number of anilines is 1. The zero-order valence-electron chi connectivity index (χ0n) is 35.2. The van der Waals surface area contributed by atoms with Gasteiger partial charge in [0.25, 0.3) is 11.5 Å². The van der Waals surface area contributed by atoms with E-state index in [0.29, 0.717) is 27.2 Å². The lowest BCUT2D eigenvalue weighted by Gasteiger charge is -2.67. The third-order valence-electron chi connectivity index (χ3n) is 11.2. The number of H-pyrrole nitrogens is 1. The standard InChI is InChI=1S/C43H56FN5O9/c1-13-18-48(23-26-20-29-32(19-24(26)2)46-25(3)47-35(29)53)27-14-15-28(30(44)21-27)36(54)49(33(50)17-16-31(45)37(55)56)43(38(57)58,41(10,11)12)42(22-34(51)52,39(4,5)6)40(7,8)9/h1,14-15,19-21,31H,16-18,22-23,45H2,2-12H3,(H,51,52)(H,55,56)(H,57,58)(H,46,47,53)/t31-,43+/m0/s1. The second kappa shape index (κ2) is 16.7. The number of nitrogens with two attached hydrogens (primary N) is 1. The smallest absolute Gasteiger partial charge is 0.331 e. The zero-order valence-corrected chi connectivity index (χ0v) is 35.2. The molecule has 1 aromatic heterocycles. The number of nitrogens with zero attached hydrogens (tertiary/aromatic N) is 3. The van der Waals surface area contributed by atoms with Crippen LogP contribution in [0.2, 0.25) is 0 Å². The molecule has 0 spiro atoms. The fourth-order valence-corrected chi connectivity index (χ4v) is 9.00. The van der Waals surface area contributed by atoms with E-state index in [1.807, 2.05) is 6.92 Å². The lowest BCUT2D eigenvalue weighted by atomic mass is 9.40. The van der Waals surface area contributed by atoms with Gasteiger partial charge in [0.1, 0.15) is 17.7 Å². The molecule has 3 aromatic rings. The highest BCUT2D eigenvalue weighted by atomic mass is 19.1. The van der Waals surface area contributed by atoms with Crippen molar-refractivity contribution in [1.29, 1.82) is 0 Å². The summed E-state index contributed by atoms with van der Waals surface area (Å²) >= 11 is 0. The number of rotatable bonds is 14. The Bertz CT molecular complexity index is 2210. The number of aromatic nitrogens is 2. The molecule has 6 N–H and O–H groups in total. The zero-order chi connectivity index (χ0) is 44.5. The lowest BCUT2D eigenvalue weighted by molar-refractivity contribution is -0.220. The number of aryl methyl sites for hydroxylation is 2. The number of terminal acetylenes is 1. The number of fused-ring (bicyclic) bond motifs is 1. The van der Waals surface area contributed by atoms with Crippen molar-refractivity contribution in [2.24, 2.45) is 27.4 Å². The van der Waals surface area contributed by atoms with Gasteiger partial charge in [-0.3, -0.25) is 28.9 Å². The minimum atomic E-state index is -2.73. The fourth-order valence-electron chi connectivity index (χ4n) is 9.00. The monoisotopic (exact) mass is 805 g/mol. The second-order valence-corrected chi connectivity index (χ2v) is 17.9. The predicted molar refractivity (Wildman–Crippen MR) is 218 cm³/mol. The Morgan fingerprint density at radius 1 is 0.931 bits per heavy atom. The molecule has 0 aliphatic carbocycles. The third kappa shape index (κ3) is 8.48. The Balaban J connectivity index is 2.39. The number of carboxylic acids is 3. The van der Waals surface area contributed by atoms with Crippen molar-refractivity contribution in [3.63, 3.8) is 0 Å². The van der Waals surface area contributed by atoms with E-state index in [1.165, 1.54) is 26.8 Å². The number of nitrogens with one attached hydrogen (secondary N) is 1. The van der Waals surface area contributed by atoms with Crippen molar-refractivity contribution >= 4 is 46.3 Å². The summed E-state index contributed by atoms with van der Waals surface area (Å²) in [5.41, 5.74) is -2.11. The summed E-state index contributed by atoms with van der Waals surface area (Å²) in [6.45, 7) is 17.7. The molecule has 58 heavy (non-hydrogen) atoms. The van der Waals surface area contributed by atoms with Gasteiger partial charge in [-0.15, -0.1) is 6.42 Å². The molecule has 2 aromatic carbocycles. The highest BCUT2D eigenvalue weighted by Crippen LogP contribution is 2.66. The first-order valence-corrected chi connectivity index (χ1v) is 18.8. The van der Waals surface area contributed by atoms with Crippen molar-refractivity contribution in [3.8, 4) is 12.3 Å². The second-order valence-electron chi connectivity index (χ2n) is 17.9. The molecule has 314 valence electrons. The number of amides is 2. The van der Waals surface area contributed by atoms with Gasteiger partial charge in [0, 0.05) is 24.1 Å². The average Bonchev–Trinajstić information content (AvgIpc) is 3.06. The number of carbonyl (C=O) groups is 5. The fraction of sp³-hybridized carbons (Fsp3) is 0.512. The Morgan fingerprint density at radius 2 is 1.52 bits per heavy atom. The maximum Gasteiger partial charge on any atom is 0.331 e. The highest BCUT2D eigenvalue weighted by Gasteiger charge is 2.75. The van der Waals surface area contributed by atoms with Gasteiger partial charge in [0.15, 0.2) is 5.54 Å². The van der Waals surface area contributed by atoms with Crippen molar-refractivity contribution in [2.45, 2.75) is 114 Å². The first kappa shape index (κ1) is 46.8. The number of hydrogen-bond donors (Lipinski definition) is 5. The van der Waals surface area contributed by atoms with Gasteiger partial charge in [0.05, 0.1) is 29.4 Å². The molecular formula is C43H56FN5O9. The number of aromatic amines is 1. The summed E-state index contributed by atoms with van der Waals surface area (Å²) < 4.78 is 16.7. The minimum absolute atomic E-state index is 0.0395. The molecule has 0 saturated heterocycles. The number of carboxylic acid groups (broad SMARTS) is 3. The number of hydrogen-bond acceptors (Lipinski definition) is 9. The average molecular weight is 806 g/mol. The molecule has 0 radical (unpaired) electrons. The van der Waals surface area contributed by atoms with Crippen molar-refractivity contribution < 1.29 is 43.7 Å². The molecule has 2 atom stereocenters. The van der Waals surface area contributed by atoms with Crippen molar-refractivity contribution in [2.75, 3.05) is 11.4 Å². The van der Waals surface area contributed by atoms with Gasteiger partial charge < -0.3 is 30.9 Å². The van der Waals surface area contributed by atoms with Gasteiger partial charge in [0.2, 0.25) is 5.91 Å². The minimum Gasteiger partial charge on any atom is -0.481 e. The number of carbonyl (C=O) groups excluding carboxylic acids is 2. The maximum atomic E-state index is 16.7. The largest absolute Gasteiger partial charge is 0.481 e. The highest BCUT2D eigenvalue weighted by molar-refractivity contribution is 6.09. The summed E-state index contributed by atoms with van der Waals surface area (Å²) in [6, 6.07) is 5.32. The maximum absolute atomic E-state index is 16.7. The van der Waals surface area contributed by atoms with E-state index in [-0.39, 0.29) is 24.3 Å². The number of imide groups is 1. The van der Waals surface area contributed by atoms with E-state index in [0.717, 1.165) is 17.7 Å². The van der Waals surface area contributed by atoms with Gasteiger partial charge in [-0.25, -0.2) is 14.2 Å². The van der Waals surface area contributed by atoms with Gasteiger partial charge >= 0.3 is 17.9 Å². The number of aliphatic carboxylic acids is 3. The van der Waals surface area contributed by atoms with Crippen LogP contribution in [-0.2, 0) is 25.7 Å². The molecule has 3 rings (SSSR count). The van der Waals surface area contributed by atoms with E-state index in [9.17, 15) is 39.3 Å². The Kier molecular flexibility index (Phi) is 13.5. The lowest BCUT2D eigenvalue weighted by Crippen LogP contribution is -2.79. The number of benzene rings is 2. The van der Waals surface area contributed by atoms with Crippen molar-refractivity contribution in [3.05, 3.63) is 69.0 Å². The predicted octanol–water partition coefficient (Wildman–Crippen LogP) is 5.90. The van der Waals surface area contributed by atoms with Crippen LogP contribution in [0.5, 0.6) is 0 Å². The molecule has 0 fully saturated rings. The molecule has 0 saturated carbocycles. The quantitative estimate of drug-likeness (QED) is 0.120. The van der Waals surface area contributed by atoms with Gasteiger partial charge in [-0.2, -0.15) is 0 Å². The van der Waals surface area contributed by atoms with Crippen LogP contribution in [0.25, 0.3) is 10.9 Å². The van der Waals surface area contributed by atoms with Crippen LogP contribution in [0.3, 0.4) is 0 Å². The topological polar surface area (TPSA) is 224 Å². The SMILES string of the molecule is C#CCN(Cc1cc2c(=O)[nH]c(C)nc2cc1C)c1ccc(C(=O)N(C(=O)CC[C@H](N)C(=O)O)[C@](C(=O)O)(C(C)(C)C)C(CC(=O)O)(C(C)(C)C)C(C)(C)C)c(F)c1. The molecule has 1 heterocycles. The normalized spacial score (nSPS) is 13.9. The van der Waals surface area contributed by atoms with Crippen LogP contribution in [-0.4, -0.2) is 78.0 Å². The summed E-state index contributed by atoms with van der Waals surface area (Å²) in [6.07, 6.45) is 3.61. The van der Waals surface area contributed by atoms with E-state index in [1.54, 1.807) is 65.5 Å². The molecule has 2 amide bonds. The van der Waals surface area contributed by atoms with Crippen LogP contribution >= 0.6 is 0 Å². The summed E-state index contributed by atoms with van der Waals surface area (Å²) in [5, 5.41) is 32.0. The first-order chi connectivity index (χ1) is 26.5. The molecular weight excluding hydrogens is 749 g/mol. The Labute approximate surface area is 338 Å². The molecule has 0 unspecified atom stereocenters. The van der Waals surface area contributed by atoms with E-state index >= 15 is 9.18 Å². The first-order valence-electron chi connectivity index (χ1n) is 18.8. The van der Waals surface area contributed by atoms with Crippen LogP contribution in [0, 0.1) is 53.7 Å². The number of halogens is 1. The van der Waals surface area contributed by atoms with Crippen LogP contribution in [0.4, 0.5) is 10.1 Å². The Hall–Kier alpha value is -5.62. The van der Waals surface area contributed by atoms with E-state index < -0.39 is 93.6 Å². The molecule has 15 heteroatoms. The summed E-state index contributed by atoms with van der Waals surface area (Å²) in [5.74, 6) is -5.33. The van der Waals surface area contributed by atoms with Crippen molar-refractivity contribution in [1.82, 2.24) is 14.9 Å². The Morgan fingerprint density at radius 3 is 1.98 bits per heavy atom. The van der Waals surface area contributed by atoms with Crippen LogP contribution in [0.1, 0.15) is 109 Å². The van der Waals surface area contributed by atoms with Gasteiger partial charge in [-0.05, 0) is 78.0 Å². The molecule has 0 aliphatic heterocycles. The third-order valence-corrected chi connectivity index (χ3v) is 11.2. The summed E-state index contributed by atoms with van der Waals surface area (Å²) in [4.78, 5) is 90.6.